The highest BCUT2D eigenvalue weighted by Gasteiger charge is 2.31. The molecule has 0 unspecified atom stereocenters. The molecule has 1 aromatic heterocycles. The summed E-state index contributed by atoms with van der Waals surface area (Å²) in [6, 6.07) is 8.69. The zero-order valence-electron chi connectivity index (χ0n) is 15.3. The largest absolute Gasteiger partial charge is 0.346 e. The fraction of sp³-hybridized carbons (Fsp3) is 0.389. The van der Waals surface area contributed by atoms with E-state index in [2.05, 4.69) is 29.8 Å². The highest BCUT2D eigenvalue weighted by atomic mass is 32.2. The maximum atomic E-state index is 12.4. The van der Waals surface area contributed by atoms with Gasteiger partial charge < -0.3 is 10.2 Å². The number of nitrogens with one attached hydrogen (secondary N) is 2. The maximum absolute atomic E-state index is 12.4. The van der Waals surface area contributed by atoms with E-state index in [1.54, 1.807) is 18.2 Å². The van der Waals surface area contributed by atoms with Gasteiger partial charge in [-0.1, -0.05) is 0 Å². The molecule has 0 amide bonds. The summed E-state index contributed by atoms with van der Waals surface area (Å²) in [5.74, 6) is 0.0388. The van der Waals surface area contributed by atoms with Gasteiger partial charge in [0.15, 0.2) is 5.11 Å². The van der Waals surface area contributed by atoms with Gasteiger partial charge in [0.05, 0.1) is 4.90 Å². The van der Waals surface area contributed by atoms with Crippen molar-refractivity contribution in [2.45, 2.75) is 23.8 Å². The third-order valence-corrected chi connectivity index (χ3v) is 6.79. The molecule has 3 heterocycles. The lowest BCUT2D eigenvalue weighted by atomic mass is 10.2. The Morgan fingerprint density at radius 3 is 2.61 bits per heavy atom. The zero-order valence-corrected chi connectivity index (χ0v) is 16.9. The Balaban J connectivity index is 1.38. The Hall–Kier alpha value is -2.30. The van der Waals surface area contributed by atoms with Crippen molar-refractivity contribution in [2.24, 2.45) is 0 Å². The second-order valence-corrected chi connectivity index (χ2v) is 8.98. The average molecular weight is 419 g/mol. The third kappa shape index (κ3) is 4.23. The molecule has 0 saturated carbocycles. The van der Waals surface area contributed by atoms with Crippen molar-refractivity contribution in [3.8, 4) is 0 Å². The van der Waals surface area contributed by atoms with E-state index >= 15 is 0 Å². The highest BCUT2D eigenvalue weighted by molar-refractivity contribution is 7.92. The van der Waals surface area contributed by atoms with E-state index in [0.717, 1.165) is 25.3 Å². The van der Waals surface area contributed by atoms with Gasteiger partial charge in [0.2, 0.25) is 5.95 Å². The minimum atomic E-state index is -3.74. The fourth-order valence-electron chi connectivity index (χ4n) is 3.63. The number of sulfonamides is 1. The molecule has 10 heteroatoms. The number of aromatic nitrogens is 2. The van der Waals surface area contributed by atoms with Gasteiger partial charge in [0, 0.05) is 43.8 Å². The predicted octanol–water partition coefficient (Wildman–Crippen LogP) is 1.75. The van der Waals surface area contributed by atoms with Crippen LogP contribution in [-0.2, 0) is 10.0 Å². The first-order valence-electron chi connectivity index (χ1n) is 9.21. The van der Waals surface area contributed by atoms with Gasteiger partial charge in [-0.25, -0.2) is 23.1 Å². The zero-order chi connectivity index (χ0) is 19.6. The normalized spacial score (nSPS) is 19.9. The number of nitrogens with zero attached hydrogens (tertiary/aromatic N) is 4. The number of benzene rings is 1. The van der Waals surface area contributed by atoms with Crippen molar-refractivity contribution in [3.05, 3.63) is 42.7 Å². The van der Waals surface area contributed by atoms with Gasteiger partial charge in [-0.05, 0) is 61.9 Å². The van der Waals surface area contributed by atoms with Gasteiger partial charge in [-0.15, -0.1) is 0 Å². The van der Waals surface area contributed by atoms with Crippen molar-refractivity contribution in [1.29, 1.82) is 0 Å². The summed E-state index contributed by atoms with van der Waals surface area (Å²) in [5, 5.41) is 3.90. The Bertz CT molecular complexity index is 936. The molecule has 2 fully saturated rings. The first kappa shape index (κ1) is 19.0. The second kappa shape index (κ2) is 7.98. The lowest BCUT2D eigenvalue weighted by Gasteiger charge is -2.38. The quantitative estimate of drug-likeness (QED) is 0.726. The molecule has 2 N–H and O–H groups in total. The van der Waals surface area contributed by atoms with Crippen LogP contribution >= 0.6 is 12.2 Å². The molecular formula is C18H22N6O2S2. The first-order valence-corrected chi connectivity index (χ1v) is 11.1. The van der Waals surface area contributed by atoms with Crippen LogP contribution in [0.25, 0.3) is 0 Å². The minimum absolute atomic E-state index is 0.0388. The molecule has 2 aliphatic heterocycles. The number of hydrogen-bond acceptors (Lipinski definition) is 6. The number of piperazine rings is 1. The van der Waals surface area contributed by atoms with Gasteiger partial charge in [-0.2, -0.15) is 0 Å². The van der Waals surface area contributed by atoms with Crippen LogP contribution in [0.2, 0.25) is 0 Å². The molecule has 2 saturated heterocycles. The van der Waals surface area contributed by atoms with E-state index < -0.39 is 10.0 Å². The second-order valence-electron chi connectivity index (χ2n) is 6.91. The summed E-state index contributed by atoms with van der Waals surface area (Å²) in [5.41, 5.74) is 0.758. The van der Waals surface area contributed by atoms with Crippen LogP contribution in [-0.4, -0.2) is 65.5 Å². The molecule has 0 radical (unpaired) electrons. The monoisotopic (exact) mass is 418 g/mol. The SMILES string of the molecule is O=S(=O)(Nc1ncccn1)c1ccc(NC(=S)N2CCN3CCC[C@@H]3C2)cc1. The van der Waals surface area contributed by atoms with Gasteiger partial charge in [0.25, 0.3) is 10.0 Å². The maximum Gasteiger partial charge on any atom is 0.264 e. The lowest BCUT2D eigenvalue weighted by Crippen LogP contribution is -2.53. The van der Waals surface area contributed by atoms with Gasteiger partial charge in [0.1, 0.15) is 0 Å². The molecule has 0 bridgehead atoms. The average Bonchev–Trinajstić information content (AvgIpc) is 3.16. The Morgan fingerprint density at radius 1 is 1.11 bits per heavy atom. The molecule has 2 aromatic rings. The minimum Gasteiger partial charge on any atom is -0.346 e. The molecular weight excluding hydrogens is 396 g/mol. The van der Waals surface area contributed by atoms with Crippen molar-refractivity contribution in [2.75, 3.05) is 36.2 Å². The van der Waals surface area contributed by atoms with E-state index in [9.17, 15) is 8.42 Å². The number of thiocarbonyl (C=S) groups is 1. The van der Waals surface area contributed by atoms with Crippen molar-refractivity contribution < 1.29 is 8.42 Å². The predicted molar refractivity (Wildman–Crippen MR) is 112 cm³/mol. The molecule has 8 nitrogen and oxygen atoms in total. The standard InChI is InChI=1S/C18H22N6O2S2/c25-28(26,22-17-19-8-2-9-20-17)16-6-4-14(5-7-16)21-18(27)24-12-11-23-10-1-3-15(23)13-24/h2,4-9,15H,1,3,10-13H2,(H,21,27)(H,19,20,22)/t15-/m1/s1. The Morgan fingerprint density at radius 2 is 1.86 bits per heavy atom. The van der Waals surface area contributed by atoms with E-state index in [-0.39, 0.29) is 10.8 Å². The van der Waals surface area contributed by atoms with Crippen molar-refractivity contribution in [3.63, 3.8) is 0 Å². The van der Waals surface area contributed by atoms with Crippen LogP contribution in [0.1, 0.15) is 12.8 Å². The van der Waals surface area contributed by atoms with E-state index in [1.807, 2.05) is 0 Å². The summed E-state index contributed by atoms with van der Waals surface area (Å²) >= 11 is 5.56. The van der Waals surface area contributed by atoms with E-state index in [4.69, 9.17) is 12.2 Å². The molecule has 1 atom stereocenters. The summed E-state index contributed by atoms with van der Waals surface area (Å²) in [7, 11) is -3.74. The van der Waals surface area contributed by atoms with Crippen LogP contribution in [0.4, 0.5) is 11.6 Å². The van der Waals surface area contributed by atoms with Crippen LogP contribution in [0.15, 0.2) is 47.6 Å². The molecule has 1 aromatic carbocycles. The molecule has 2 aliphatic rings. The smallest absolute Gasteiger partial charge is 0.264 e. The Labute approximate surface area is 170 Å². The molecule has 0 aliphatic carbocycles. The van der Waals surface area contributed by atoms with Crippen molar-refractivity contribution >= 4 is 39.0 Å². The van der Waals surface area contributed by atoms with Crippen LogP contribution in [0.5, 0.6) is 0 Å². The third-order valence-electron chi connectivity index (χ3n) is 5.08. The highest BCUT2D eigenvalue weighted by Crippen LogP contribution is 2.22. The number of hydrogen-bond donors (Lipinski definition) is 2. The van der Waals surface area contributed by atoms with E-state index in [1.165, 1.54) is 43.9 Å². The number of anilines is 2. The summed E-state index contributed by atoms with van der Waals surface area (Å²) in [6.45, 7) is 4.09. The van der Waals surface area contributed by atoms with Crippen molar-refractivity contribution in [1.82, 2.24) is 19.8 Å². The summed E-state index contributed by atoms with van der Waals surface area (Å²) in [6.07, 6.45) is 5.44. The number of fused-ring (bicyclic) bond motifs is 1. The molecule has 28 heavy (non-hydrogen) atoms. The molecule has 0 spiro atoms. The van der Waals surface area contributed by atoms with Gasteiger partial charge >= 0.3 is 0 Å². The van der Waals surface area contributed by atoms with Crippen LogP contribution in [0, 0.1) is 0 Å². The molecule has 148 valence electrons. The lowest BCUT2D eigenvalue weighted by molar-refractivity contribution is 0.153. The Kier molecular flexibility index (Phi) is 5.42. The van der Waals surface area contributed by atoms with Gasteiger partial charge in [-0.3, -0.25) is 4.90 Å². The van der Waals surface area contributed by atoms with Crippen LogP contribution < -0.4 is 10.0 Å². The summed E-state index contributed by atoms with van der Waals surface area (Å²) < 4.78 is 27.2. The van der Waals surface area contributed by atoms with E-state index in [0.29, 0.717) is 11.2 Å². The fourth-order valence-corrected chi connectivity index (χ4v) is 4.87. The van der Waals surface area contributed by atoms with Crippen LogP contribution in [0.3, 0.4) is 0 Å². The molecule has 4 rings (SSSR count). The summed E-state index contributed by atoms with van der Waals surface area (Å²) in [4.78, 5) is 12.6. The topological polar surface area (TPSA) is 90.5 Å². The number of rotatable bonds is 4. The first-order chi connectivity index (χ1) is 13.5.